The normalized spacial score (nSPS) is 12.3. The van der Waals surface area contributed by atoms with Crippen molar-refractivity contribution in [2.24, 2.45) is 0 Å². The number of carbonyl (C=O) groups is 1. The SMILES string of the molecule is COC[C@H](C)Oc1cc(OC(C)C)cc(C(=O)O)c1. The van der Waals surface area contributed by atoms with Crippen LogP contribution in [0.3, 0.4) is 0 Å². The highest BCUT2D eigenvalue weighted by Crippen LogP contribution is 2.25. The van der Waals surface area contributed by atoms with Crippen LogP contribution in [0.4, 0.5) is 0 Å². The van der Waals surface area contributed by atoms with Gasteiger partial charge in [-0.1, -0.05) is 0 Å². The summed E-state index contributed by atoms with van der Waals surface area (Å²) in [4.78, 5) is 11.1. The van der Waals surface area contributed by atoms with Crippen molar-refractivity contribution in [3.8, 4) is 11.5 Å². The molecule has 0 amide bonds. The molecule has 0 bridgehead atoms. The number of ether oxygens (including phenoxy) is 3. The van der Waals surface area contributed by atoms with E-state index in [9.17, 15) is 4.79 Å². The number of hydrogen-bond donors (Lipinski definition) is 1. The lowest BCUT2D eigenvalue weighted by Crippen LogP contribution is -2.18. The van der Waals surface area contributed by atoms with Crippen molar-refractivity contribution in [3.63, 3.8) is 0 Å². The van der Waals surface area contributed by atoms with Gasteiger partial charge < -0.3 is 19.3 Å². The summed E-state index contributed by atoms with van der Waals surface area (Å²) in [7, 11) is 1.58. The van der Waals surface area contributed by atoms with Gasteiger partial charge in [-0.25, -0.2) is 4.79 Å². The zero-order valence-corrected chi connectivity index (χ0v) is 11.7. The van der Waals surface area contributed by atoms with Gasteiger partial charge in [0.2, 0.25) is 0 Å². The number of methoxy groups -OCH3 is 1. The van der Waals surface area contributed by atoms with Gasteiger partial charge in [-0.15, -0.1) is 0 Å². The highest BCUT2D eigenvalue weighted by atomic mass is 16.5. The number of carboxylic acid groups (broad SMARTS) is 1. The number of rotatable bonds is 7. The van der Waals surface area contributed by atoms with Crippen LogP contribution < -0.4 is 9.47 Å². The first kappa shape index (κ1) is 15.3. The molecular weight excluding hydrogens is 248 g/mol. The summed E-state index contributed by atoms with van der Waals surface area (Å²) in [5.74, 6) is -0.0759. The Hall–Kier alpha value is -1.75. The maximum absolute atomic E-state index is 11.1. The lowest BCUT2D eigenvalue weighted by Gasteiger charge is -2.16. The van der Waals surface area contributed by atoms with E-state index in [0.717, 1.165) is 0 Å². The van der Waals surface area contributed by atoms with Crippen molar-refractivity contribution < 1.29 is 24.1 Å². The highest BCUT2D eigenvalue weighted by molar-refractivity contribution is 5.88. The molecule has 1 aromatic rings. The largest absolute Gasteiger partial charge is 0.491 e. The van der Waals surface area contributed by atoms with Crippen molar-refractivity contribution >= 4 is 5.97 Å². The zero-order chi connectivity index (χ0) is 14.4. The first-order valence-electron chi connectivity index (χ1n) is 6.13. The predicted molar refractivity (Wildman–Crippen MR) is 71.1 cm³/mol. The average Bonchev–Trinajstić information content (AvgIpc) is 2.27. The van der Waals surface area contributed by atoms with Crippen molar-refractivity contribution in [3.05, 3.63) is 23.8 Å². The van der Waals surface area contributed by atoms with Gasteiger partial charge in [-0.3, -0.25) is 0 Å². The lowest BCUT2D eigenvalue weighted by atomic mass is 10.2. The lowest BCUT2D eigenvalue weighted by molar-refractivity contribution is 0.0693. The molecule has 1 aromatic carbocycles. The number of benzene rings is 1. The molecule has 106 valence electrons. The fourth-order valence-electron chi connectivity index (χ4n) is 1.60. The minimum absolute atomic E-state index is 0.0340. The minimum Gasteiger partial charge on any atom is -0.491 e. The van der Waals surface area contributed by atoms with Crippen molar-refractivity contribution in [1.29, 1.82) is 0 Å². The molecule has 19 heavy (non-hydrogen) atoms. The van der Waals surface area contributed by atoms with E-state index < -0.39 is 5.97 Å². The van der Waals surface area contributed by atoms with E-state index in [4.69, 9.17) is 19.3 Å². The molecular formula is C14H20O5. The van der Waals surface area contributed by atoms with Crippen LogP contribution >= 0.6 is 0 Å². The molecule has 5 heteroatoms. The van der Waals surface area contributed by atoms with E-state index in [1.165, 1.54) is 12.1 Å². The second kappa shape index (κ2) is 6.99. The third-order valence-corrected chi connectivity index (χ3v) is 2.24. The van der Waals surface area contributed by atoms with Gasteiger partial charge in [0.05, 0.1) is 18.3 Å². The van der Waals surface area contributed by atoms with E-state index in [-0.39, 0.29) is 17.8 Å². The Morgan fingerprint density at radius 1 is 1.16 bits per heavy atom. The molecule has 0 saturated carbocycles. The van der Waals surface area contributed by atoms with Gasteiger partial charge in [0.15, 0.2) is 0 Å². The molecule has 5 nitrogen and oxygen atoms in total. The molecule has 0 heterocycles. The second-order valence-electron chi connectivity index (χ2n) is 4.55. The maximum Gasteiger partial charge on any atom is 0.335 e. The minimum atomic E-state index is -1.02. The highest BCUT2D eigenvalue weighted by Gasteiger charge is 2.11. The summed E-state index contributed by atoms with van der Waals surface area (Å²) < 4.78 is 16.1. The first-order chi connectivity index (χ1) is 8.92. The summed E-state index contributed by atoms with van der Waals surface area (Å²) >= 11 is 0. The smallest absolute Gasteiger partial charge is 0.335 e. The van der Waals surface area contributed by atoms with Crippen LogP contribution in [0.5, 0.6) is 11.5 Å². The summed E-state index contributed by atoms with van der Waals surface area (Å²) in [6.45, 7) is 6.03. The van der Waals surface area contributed by atoms with Crippen LogP contribution in [0.1, 0.15) is 31.1 Å². The van der Waals surface area contributed by atoms with Gasteiger partial charge in [0.25, 0.3) is 0 Å². The van der Waals surface area contributed by atoms with Crippen LogP contribution in [0.15, 0.2) is 18.2 Å². The van der Waals surface area contributed by atoms with Crippen LogP contribution in [0.2, 0.25) is 0 Å². The molecule has 1 atom stereocenters. The molecule has 0 unspecified atom stereocenters. The third kappa shape index (κ3) is 5.18. The third-order valence-electron chi connectivity index (χ3n) is 2.24. The van der Waals surface area contributed by atoms with Gasteiger partial charge in [0, 0.05) is 13.2 Å². The van der Waals surface area contributed by atoms with Gasteiger partial charge in [0.1, 0.15) is 17.6 Å². The monoisotopic (exact) mass is 268 g/mol. The molecule has 0 saturated heterocycles. The standard InChI is InChI=1S/C14H20O5/c1-9(2)18-12-5-11(14(15)16)6-13(7-12)19-10(3)8-17-4/h5-7,9-10H,8H2,1-4H3,(H,15,16)/t10-/m0/s1. The van der Waals surface area contributed by atoms with Crippen LogP contribution in [0.25, 0.3) is 0 Å². The van der Waals surface area contributed by atoms with E-state index >= 15 is 0 Å². The van der Waals surface area contributed by atoms with Crippen molar-refractivity contribution in [1.82, 2.24) is 0 Å². The molecule has 1 rings (SSSR count). The average molecular weight is 268 g/mol. The van der Waals surface area contributed by atoms with Crippen LogP contribution in [0, 0.1) is 0 Å². The first-order valence-corrected chi connectivity index (χ1v) is 6.13. The van der Waals surface area contributed by atoms with Gasteiger partial charge >= 0.3 is 5.97 Å². The summed E-state index contributed by atoms with van der Waals surface area (Å²) in [5.41, 5.74) is 0.137. The zero-order valence-electron chi connectivity index (χ0n) is 11.7. The molecule has 0 aliphatic carbocycles. The summed E-state index contributed by atoms with van der Waals surface area (Å²) in [6, 6.07) is 4.64. The van der Waals surface area contributed by atoms with E-state index in [1.54, 1.807) is 13.2 Å². The Morgan fingerprint density at radius 3 is 2.21 bits per heavy atom. The quantitative estimate of drug-likeness (QED) is 0.823. The second-order valence-corrected chi connectivity index (χ2v) is 4.55. The fraction of sp³-hybridized carbons (Fsp3) is 0.500. The van der Waals surface area contributed by atoms with Crippen molar-refractivity contribution in [2.45, 2.75) is 33.0 Å². The maximum atomic E-state index is 11.1. The Labute approximate surface area is 113 Å². The predicted octanol–water partition coefficient (Wildman–Crippen LogP) is 2.59. The Bertz CT molecular complexity index is 428. The Balaban J connectivity index is 2.95. The van der Waals surface area contributed by atoms with Crippen LogP contribution in [-0.4, -0.2) is 37.0 Å². The van der Waals surface area contributed by atoms with Gasteiger partial charge in [-0.05, 0) is 32.9 Å². The number of aromatic carboxylic acids is 1. The number of carboxylic acids is 1. The fourth-order valence-corrected chi connectivity index (χ4v) is 1.60. The number of hydrogen-bond acceptors (Lipinski definition) is 4. The van der Waals surface area contributed by atoms with E-state index in [1.807, 2.05) is 20.8 Å². The molecule has 0 aliphatic rings. The Morgan fingerprint density at radius 2 is 1.74 bits per heavy atom. The Kier molecular flexibility index (Phi) is 5.63. The molecule has 0 spiro atoms. The summed E-state index contributed by atoms with van der Waals surface area (Å²) in [5, 5.41) is 9.07. The van der Waals surface area contributed by atoms with Gasteiger partial charge in [-0.2, -0.15) is 0 Å². The van der Waals surface area contributed by atoms with E-state index in [2.05, 4.69) is 0 Å². The summed E-state index contributed by atoms with van der Waals surface area (Å²) in [6.07, 6.45) is -0.200. The van der Waals surface area contributed by atoms with Crippen LogP contribution in [-0.2, 0) is 4.74 Å². The molecule has 0 aliphatic heterocycles. The molecule has 0 aromatic heterocycles. The topological polar surface area (TPSA) is 65.0 Å². The molecule has 0 radical (unpaired) electrons. The van der Waals surface area contributed by atoms with Crippen molar-refractivity contribution in [2.75, 3.05) is 13.7 Å². The molecule has 1 N–H and O–H groups in total. The molecule has 0 fully saturated rings. The van der Waals surface area contributed by atoms with E-state index in [0.29, 0.717) is 18.1 Å².